The molecule has 0 saturated carbocycles. The summed E-state index contributed by atoms with van der Waals surface area (Å²) in [6.07, 6.45) is 7.56. The molecule has 2 bridgehead atoms. The van der Waals surface area contributed by atoms with E-state index >= 15 is 0 Å². The monoisotopic (exact) mass is 429 g/mol. The van der Waals surface area contributed by atoms with Crippen LogP contribution in [-0.4, -0.2) is 41.1 Å². The Morgan fingerprint density at radius 1 is 1.13 bits per heavy atom. The summed E-state index contributed by atoms with van der Waals surface area (Å²) in [7, 11) is -3.55. The summed E-state index contributed by atoms with van der Waals surface area (Å²) in [6.45, 7) is 7.83. The zero-order valence-corrected chi connectivity index (χ0v) is 18.9. The third-order valence-electron chi connectivity index (χ3n) is 6.08. The minimum absolute atomic E-state index is 0.0132. The van der Waals surface area contributed by atoms with Crippen molar-refractivity contribution in [1.29, 1.82) is 0 Å². The second-order valence-corrected chi connectivity index (χ2v) is 10.6. The molecule has 7 heteroatoms. The summed E-state index contributed by atoms with van der Waals surface area (Å²) in [5.74, 6) is 1.37. The smallest absolute Gasteiger partial charge is 0.247 e. The summed E-state index contributed by atoms with van der Waals surface area (Å²) in [5.41, 5.74) is 2.30. The van der Waals surface area contributed by atoms with Gasteiger partial charge in [-0.25, -0.2) is 8.42 Å². The van der Waals surface area contributed by atoms with Crippen molar-refractivity contribution in [1.82, 2.24) is 14.5 Å². The average molecular weight is 430 g/mol. The van der Waals surface area contributed by atoms with E-state index in [1.165, 1.54) is 0 Å². The number of piperidine rings is 1. The number of hydrogen-bond donors (Lipinski definition) is 1. The summed E-state index contributed by atoms with van der Waals surface area (Å²) in [4.78, 5) is 0.337. The van der Waals surface area contributed by atoms with Crippen molar-refractivity contribution in [3.05, 3.63) is 47.3 Å². The molecule has 2 aromatic rings. The minimum atomic E-state index is -3.55. The van der Waals surface area contributed by atoms with E-state index in [2.05, 4.69) is 48.3 Å². The first-order valence-electron chi connectivity index (χ1n) is 10.8. The van der Waals surface area contributed by atoms with Crippen LogP contribution in [-0.2, 0) is 10.0 Å². The predicted octanol–water partition coefficient (Wildman–Crippen LogP) is 4.46. The molecule has 0 aliphatic carbocycles. The number of allylic oxidation sites excluding steroid dienone is 1. The molecular weight excluding hydrogens is 398 g/mol. The fourth-order valence-electron chi connectivity index (χ4n) is 4.75. The standard InChI is InChI=1S/C23H31N3O3S/c1-15(2)5-6-18-7-11-21(12-8-18)29-22-13-19-9-10-20(14-22)26(19)30(27,28)23-16(3)24-25-17(23)4/h5-8,11-12,15,19-20,22H,9-10,13-14H2,1-4H3,(H,24,25)/b6-5+/t19-,20+,22?. The van der Waals surface area contributed by atoms with Gasteiger partial charge in [-0.15, -0.1) is 0 Å². The molecule has 0 amide bonds. The Balaban J connectivity index is 1.46. The first kappa shape index (κ1) is 21.1. The largest absolute Gasteiger partial charge is 0.490 e. The van der Waals surface area contributed by atoms with Crippen LogP contribution in [0.2, 0.25) is 0 Å². The molecule has 3 heterocycles. The van der Waals surface area contributed by atoms with Crippen LogP contribution in [0.4, 0.5) is 0 Å². The summed E-state index contributed by atoms with van der Waals surface area (Å²) in [5, 5.41) is 6.90. The molecule has 0 radical (unpaired) electrons. The number of aromatic amines is 1. The van der Waals surface area contributed by atoms with Gasteiger partial charge in [0.2, 0.25) is 10.0 Å². The fourth-order valence-corrected chi connectivity index (χ4v) is 6.98. The van der Waals surface area contributed by atoms with Crippen LogP contribution in [0.25, 0.3) is 6.08 Å². The highest BCUT2D eigenvalue weighted by Gasteiger charge is 2.48. The Labute approximate surface area is 179 Å². The van der Waals surface area contributed by atoms with Crippen molar-refractivity contribution in [2.24, 2.45) is 5.92 Å². The Morgan fingerprint density at radius 2 is 1.77 bits per heavy atom. The fraction of sp³-hybridized carbons (Fsp3) is 0.522. The molecule has 1 aromatic heterocycles. The molecule has 1 aromatic carbocycles. The number of benzene rings is 1. The van der Waals surface area contributed by atoms with E-state index < -0.39 is 10.0 Å². The molecule has 2 aliphatic heterocycles. The molecule has 2 fully saturated rings. The van der Waals surface area contributed by atoms with Gasteiger partial charge >= 0.3 is 0 Å². The molecule has 0 spiro atoms. The van der Waals surface area contributed by atoms with E-state index in [1.54, 1.807) is 18.2 Å². The van der Waals surface area contributed by atoms with Crippen molar-refractivity contribution in [3.8, 4) is 5.75 Å². The van der Waals surface area contributed by atoms with Gasteiger partial charge in [0.25, 0.3) is 0 Å². The lowest BCUT2D eigenvalue weighted by Gasteiger charge is -2.37. The lowest BCUT2D eigenvalue weighted by Crippen LogP contribution is -2.49. The van der Waals surface area contributed by atoms with Gasteiger partial charge in [-0.2, -0.15) is 9.40 Å². The minimum Gasteiger partial charge on any atom is -0.490 e. The number of hydrogen-bond acceptors (Lipinski definition) is 4. The van der Waals surface area contributed by atoms with Crippen molar-refractivity contribution < 1.29 is 13.2 Å². The van der Waals surface area contributed by atoms with Gasteiger partial charge in [0, 0.05) is 24.9 Å². The van der Waals surface area contributed by atoms with Crippen molar-refractivity contribution >= 4 is 16.1 Å². The van der Waals surface area contributed by atoms with E-state index in [4.69, 9.17) is 4.74 Å². The Kier molecular flexibility index (Phi) is 5.77. The van der Waals surface area contributed by atoms with Gasteiger partial charge in [0.05, 0.1) is 11.4 Å². The second kappa shape index (κ2) is 8.19. The number of nitrogens with zero attached hydrogens (tertiary/aromatic N) is 2. The van der Waals surface area contributed by atoms with Crippen LogP contribution in [0.3, 0.4) is 0 Å². The lowest BCUT2D eigenvalue weighted by atomic mass is 10.0. The molecule has 6 nitrogen and oxygen atoms in total. The zero-order chi connectivity index (χ0) is 21.5. The molecule has 30 heavy (non-hydrogen) atoms. The summed E-state index contributed by atoms with van der Waals surface area (Å²) >= 11 is 0. The number of ether oxygens (including phenoxy) is 1. The Morgan fingerprint density at radius 3 is 2.30 bits per heavy atom. The third kappa shape index (κ3) is 4.05. The Hall–Kier alpha value is -2.12. The maximum absolute atomic E-state index is 13.4. The Bertz CT molecular complexity index is 991. The second-order valence-electron chi connectivity index (χ2n) is 8.87. The normalized spacial score (nSPS) is 24.8. The number of sulfonamides is 1. The first-order chi connectivity index (χ1) is 14.3. The van der Waals surface area contributed by atoms with Gasteiger partial charge in [-0.05, 0) is 50.3 Å². The number of nitrogens with one attached hydrogen (secondary N) is 1. The van der Waals surface area contributed by atoms with Crippen molar-refractivity contribution in [2.45, 2.75) is 76.5 Å². The van der Waals surface area contributed by atoms with Gasteiger partial charge < -0.3 is 4.74 Å². The van der Waals surface area contributed by atoms with Gasteiger partial charge in [0.1, 0.15) is 16.7 Å². The number of aromatic nitrogens is 2. The molecule has 1 unspecified atom stereocenters. The highest BCUT2D eigenvalue weighted by Crippen LogP contribution is 2.41. The van der Waals surface area contributed by atoms with Crippen LogP contribution in [0, 0.1) is 19.8 Å². The first-order valence-corrected chi connectivity index (χ1v) is 12.2. The van der Waals surface area contributed by atoms with Gasteiger partial charge in [-0.3, -0.25) is 5.10 Å². The van der Waals surface area contributed by atoms with Crippen LogP contribution in [0.5, 0.6) is 5.75 Å². The van der Waals surface area contributed by atoms with E-state index in [9.17, 15) is 8.42 Å². The average Bonchev–Trinajstić information content (AvgIpc) is 3.18. The summed E-state index contributed by atoms with van der Waals surface area (Å²) in [6, 6.07) is 8.10. The predicted molar refractivity (Wildman–Crippen MR) is 118 cm³/mol. The van der Waals surface area contributed by atoms with E-state index in [1.807, 2.05) is 12.1 Å². The lowest BCUT2D eigenvalue weighted by molar-refractivity contribution is 0.0956. The van der Waals surface area contributed by atoms with Crippen LogP contribution in [0.15, 0.2) is 35.2 Å². The molecule has 1 N–H and O–H groups in total. The molecular formula is C23H31N3O3S. The molecule has 2 aliphatic rings. The number of aryl methyl sites for hydroxylation is 2. The van der Waals surface area contributed by atoms with E-state index in [0.29, 0.717) is 22.2 Å². The number of H-pyrrole nitrogens is 1. The molecule has 2 saturated heterocycles. The van der Waals surface area contributed by atoms with E-state index in [-0.39, 0.29) is 18.2 Å². The highest BCUT2D eigenvalue weighted by atomic mass is 32.2. The van der Waals surface area contributed by atoms with Crippen molar-refractivity contribution in [3.63, 3.8) is 0 Å². The molecule has 4 rings (SSSR count). The van der Waals surface area contributed by atoms with Gasteiger partial charge in [0.15, 0.2) is 0 Å². The highest BCUT2D eigenvalue weighted by molar-refractivity contribution is 7.89. The summed E-state index contributed by atoms with van der Waals surface area (Å²) < 4.78 is 34.7. The van der Waals surface area contributed by atoms with Crippen LogP contribution >= 0.6 is 0 Å². The third-order valence-corrected chi connectivity index (χ3v) is 8.34. The SMILES string of the molecule is Cc1n[nH]c(C)c1S(=O)(=O)N1[C@@H]2CC[C@H]1CC(Oc1ccc(/C=C/C(C)C)cc1)C2. The van der Waals surface area contributed by atoms with Crippen LogP contribution in [0.1, 0.15) is 56.5 Å². The number of rotatable bonds is 6. The van der Waals surface area contributed by atoms with Crippen molar-refractivity contribution in [2.75, 3.05) is 0 Å². The topological polar surface area (TPSA) is 75.3 Å². The van der Waals surface area contributed by atoms with Crippen LogP contribution < -0.4 is 4.74 Å². The maximum Gasteiger partial charge on any atom is 0.247 e. The zero-order valence-electron chi connectivity index (χ0n) is 18.1. The number of fused-ring (bicyclic) bond motifs is 2. The quantitative estimate of drug-likeness (QED) is 0.736. The molecule has 3 atom stereocenters. The maximum atomic E-state index is 13.4. The molecule has 162 valence electrons. The van der Waals surface area contributed by atoms with Gasteiger partial charge in [-0.1, -0.05) is 38.1 Å². The van der Waals surface area contributed by atoms with E-state index in [0.717, 1.165) is 37.0 Å².